The molecule has 0 radical (unpaired) electrons. The molecule has 3 atom stereocenters. The number of ether oxygens (including phenoxy) is 4. The lowest BCUT2D eigenvalue weighted by Crippen LogP contribution is -2.45. The second-order valence-corrected chi connectivity index (χ2v) is 10.7. The highest BCUT2D eigenvalue weighted by atomic mass is 16.9. The maximum Gasteiger partial charge on any atom is 0.331 e. The van der Waals surface area contributed by atoms with Crippen molar-refractivity contribution in [3.05, 3.63) is 110 Å². The Labute approximate surface area is 218 Å². The van der Waals surface area contributed by atoms with Gasteiger partial charge in [0.05, 0.1) is 17.6 Å². The monoisotopic (exact) mass is 496 g/mol. The molecule has 3 aromatic carbocycles. The van der Waals surface area contributed by atoms with E-state index in [2.05, 4.69) is 65.8 Å². The standard InChI is InChI=1S/C32H32O5/c1-17-11-19(3)27(20(4)12-17)30-31(28-21(5)13-18(2)14-22(28)6)37-32(36-30)15-26-24(16-34-32)29(33)23-9-7-8-10-25(23)35-26/h7-14,16,26,30-31H,15H2,1-6H3/t26-,30+,31+/m1/s1. The number of hydrogen-bond donors (Lipinski definition) is 0. The number of benzene rings is 3. The highest BCUT2D eigenvalue weighted by Gasteiger charge is 2.56. The van der Waals surface area contributed by atoms with Gasteiger partial charge in [0.15, 0.2) is 5.78 Å². The van der Waals surface area contributed by atoms with Crippen LogP contribution in [-0.4, -0.2) is 17.9 Å². The molecule has 0 saturated carbocycles. The van der Waals surface area contributed by atoms with Crippen LogP contribution in [0.2, 0.25) is 0 Å². The van der Waals surface area contributed by atoms with Crippen LogP contribution in [0.3, 0.4) is 0 Å². The molecule has 0 unspecified atom stereocenters. The zero-order valence-corrected chi connectivity index (χ0v) is 22.2. The molecular formula is C32H32O5. The molecule has 0 aromatic heterocycles. The van der Waals surface area contributed by atoms with Crippen molar-refractivity contribution in [3.8, 4) is 5.75 Å². The molecular weight excluding hydrogens is 464 g/mol. The van der Waals surface area contributed by atoms with Crippen molar-refractivity contribution in [1.29, 1.82) is 0 Å². The molecule has 5 heteroatoms. The highest BCUT2D eigenvalue weighted by molar-refractivity contribution is 6.12. The van der Waals surface area contributed by atoms with Gasteiger partial charge in [0.2, 0.25) is 0 Å². The van der Waals surface area contributed by atoms with Crippen LogP contribution in [0.1, 0.15) is 73.5 Å². The van der Waals surface area contributed by atoms with Gasteiger partial charge in [-0.15, -0.1) is 0 Å². The largest absolute Gasteiger partial charge is 0.484 e. The van der Waals surface area contributed by atoms with E-state index in [4.69, 9.17) is 18.9 Å². The van der Waals surface area contributed by atoms with Crippen molar-refractivity contribution >= 4 is 5.78 Å². The Balaban J connectivity index is 1.44. The number of ketones is 1. The van der Waals surface area contributed by atoms with Gasteiger partial charge in [-0.2, -0.15) is 0 Å². The summed E-state index contributed by atoms with van der Waals surface area (Å²) in [5.74, 6) is -0.875. The fourth-order valence-electron chi connectivity index (χ4n) is 6.38. The molecule has 3 aliphatic heterocycles. The summed E-state index contributed by atoms with van der Waals surface area (Å²) in [6.45, 7) is 12.7. The minimum absolute atomic E-state index is 0.0803. The first kappa shape index (κ1) is 24.0. The first-order valence-corrected chi connectivity index (χ1v) is 12.9. The van der Waals surface area contributed by atoms with Gasteiger partial charge in [0.25, 0.3) is 0 Å². The number of aryl methyl sites for hydroxylation is 6. The van der Waals surface area contributed by atoms with Gasteiger partial charge in [-0.05, 0) is 87.1 Å². The Kier molecular flexibility index (Phi) is 5.55. The molecule has 37 heavy (non-hydrogen) atoms. The summed E-state index contributed by atoms with van der Waals surface area (Å²) in [5.41, 5.74) is 10.3. The van der Waals surface area contributed by atoms with Crippen molar-refractivity contribution in [3.63, 3.8) is 0 Å². The fraction of sp³-hybridized carbons (Fsp3) is 0.344. The van der Waals surface area contributed by atoms with E-state index < -0.39 is 12.1 Å². The normalized spacial score (nSPS) is 23.7. The van der Waals surface area contributed by atoms with Crippen LogP contribution in [0.5, 0.6) is 5.75 Å². The van der Waals surface area contributed by atoms with E-state index >= 15 is 0 Å². The SMILES string of the molecule is Cc1cc(C)c([C@@H]2OC3(C[C@H]4Oc5ccccc5C(=O)C4=CO3)O[C@H]2c2c(C)cc(C)cc2C)c(C)c1. The summed E-state index contributed by atoms with van der Waals surface area (Å²) in [6.07, 6.45) is 0.440. The summed E-state index contributed by atoms with van der Waals surface area (Å²) >= 11 is 0. The summed E-state index contributed by atoms with van der Waals surface area (Å²) in [4.78, 5) is 13.2. The first-order valence-electron chi connectivity index (χ1n) is 12.9. The van der Waals surface area contributed by atoms with Gasteiger partial charge >= 0.3 is 5.97 Å². The van der Waals surface area contributed by atoms with Crippen LogP contribution in [0.15, 0.2) is 60.4 Å². The number of para-hydroxylation sites is 1. The number of rotatable bonds is 2. The van der Waals surface area contributed by atoms with Crippen molar-refractivity contribution < 1.29 is 23.7 Å². The van der Waals surface area contributed by atoms with E-state index in [1.165, 1.54) is 17.4 Å². The molecule has 6 rings (SSSR count). The van der Waals surface area contributed by atoms with E-state index in [-0.39, 0.29) is 24.4 Å². The van der Waals surface area contributed by atoms with Crippen molar-refractivity contribution in [2.45, 2.75) is 72.2 Å². The molecule has 3 aromatic rings. The lowest BCUT2D eigenvalue weighted by atomic mass is 9.87. The van der Waals surface area contributed by atoms with Crippen molar-refractivity contribution in [2.24, 2.45) is 0 Å². The van der Waals surface area contributed by atoms with Crippen molar-refractivity contribution in [1.82, 2.24) is 0 Å². The van der Waals surface area contributed by atoms with Gasteiger partial charge < -0.3 is 18.9 Å². The van der Waals surface area contributed by atoms with Gasteiger partial charge in [0.1, 0.15) is 30.3 Å². The second-order valence-electron chi connectivity index (χ2n) is 10.7. The Morgan fingerprint density at radius 2 is 1.27 bits per heavy atom. The number of fused-ring (bicyclic) bond motifs is 2. The van der Waals surface area contributed by atoms with E-state index in [9.17, 15) is 4.79 Å². The smallest absolute Gasteiger partial charge is 0.331 e. The van der Waals surface area contributed by atoms with Crippen LogP contribution in [0.4, 0.5) is 0 Å². The summed E-state index contributed by atoms with van der Waals surface area (Å²) in [6, 6.07) is 16.0. The maximum atomic E-state index is 13.2. The minimum Gasteiger partial charge on any atom is -0.484 e. The number of carbonyl (C=O) groups is 1. The summed E-state index contributed by atoms with van der Waals surface area (Å²) in [5, 5.41) is 0. The third-order valence-corrected chi connectivity index (χ3v) is 7.74. The number of carbonyl (C=O) groups excluding carboxylic acids is 1. The van der Waals surface area contributed by atoms with E-state index in [0.29, 0.717) is 16.9 Å². The lowest BCUT2D eigenvalue weighted by Gasteiger charge is -2.37. The predicted octanol–water partition coefficient (Wildman–Crippen LogP) is 6.97. The van der Waals surface area contributed by atoms with Crippen LogP contribution < -0.4 is 4.74 Å². The third-order valence-electron chi connectivity index (χ3n) is 7.74. The molecule has 1 fully saturated rings. The molecule has 0 aliphatic carbocycles. The number of hydrogen-bond acceptors (Lipinski definition) is 5. The highest BCUT2D eigenvalue weighted by Crippen LogP contribution is 2.54. The van der Waals surface area contributed by atoms with Gasteiger partial charge in [-0.3, -0.25) is 4.79 Å². The van der Waals surface area contributed by atoms with Crippen LogP contribution in [-0.2, 0) is 14.2 Å². The quantitative estimate of drug-likeness (QED) is 0.384. The Hall–Kier alpha value is -3.41. The molecule has 0 N–H and O–H groups in total. The average Bonchev–Trinajstić information content (AvgIpc) is 3.15. The zero-order chi connectivity index (χ0) is 26.1. The Morgan fingerprint density at radius 3 is 1.81 bits per heavy atom. The van der Waals surface area contributed by atoms with E-state index in [1.807, 2.05) is 18.2 Å². The van der Waals surface area contributed by atoms with Crippen molar-refractivity contribution in [2.75, 3.05) is 0 Å². The Bertz CT molecular complexity index is 1350. The third kappa shape index (κ3) is 3.89. The molecule has 3 aliphatic rings. The van der Waals surface area contributed by atoms with Crippen LogP contribution in [0, 0.1) is 41.5 Å². The summed E-state index contributed by atoms with van der Waals surface area (Å²) in [7, 11) is 0. The van der Waals surface area contributed by atoms with E-state index in [1.54, 1.807) is 6.07 Å². The maximum absolute atomic E-state index is 13.2. The molecule has 1 spiro atoms. The number of Topliss-reactive ketones (excluding diaryl/α,β-unsaturated/α-hetero) is 1. The minimum atomic E-state index is -1.37. The van der Waals surface area contributed by atoms with Gasteiger partial charge in [-0.25, -0.2) is 0 Å². The lowest BCUT2D eigenvalue weighted by molar-refractivity contribution is -0.334. The Morgan fingerprint density at radius 1 is 0.757 bits per heavy atom. The molecule has 0 bridgehead atoms. The van der Waals surface area contributed by atoms with Crippen LogP contribution >= 0.6 is 0 Å². The summed E-state index contributed by atoms with van der Waals surface area (Å²) < 4.78 is 26.0. The average molecular weight is 497 g/mol. The first-order chi connectivity index (χ1) is 17.7. The second kappa shape index (κ2) is 8.57. The molecule has 5 nitrogen and oxygen atoms in total. The van der Waals surface area contributed by atoms with E-state index in [0.717, 1.165) is 33.4 Å². The molecule has 1 saturated heterocycles. The predicted molar refractivity (Wildman–Crippen MR) is 141 cm³/mol. The molecule has 0 amide bonds. The zero-order valence-electron chi connectivity index (χ0n) is 22.2. The van der Waals surface area contributed by atoms with Crippen LogP contribution in [0.25, 0.3) is 0 Å². The van der Waals surface area contributed by atoms with Gasteiger partial charge in [0, 0.05) is 0 Å². The van der Waals surface area contributed by atoms with Gasteiger partial charge in [-0.1, -0.05) is 47.5 Å². The molecule has 3 heterocycles. The fourth-order valence-corrected chi connectivity index (χ4v) is 6.38. The molecule has 190 valence electrons. The topological polar surface area (TPSA) is 54.0 Å².